The number of carbonyl (C=O) groups excluding carboxylic acids is 1. The first-order chi connectivity index (χ1) is 9.60. The second-order valence-corrected chi connectivity index (χ2v) is 4.04. The normalized spacial score (nSPS) is 9.90. The van der Waals surface area contributed by atoms with Crippen LogP contribution in [0.5, 0.6) is 0 Å². The number of anilines is 2. The number of rotatable bonds is 8. The van der Waals surface area contributed by atoms with E-state index in [4.69, 9.17) is 4.74 Å². The first-order valence-corrected chi connectivity index (χ1v) is 6.44. The van der Waals surface area contributed by atoms with Crippen molar-refractivity contribution in [2.24, 2.45) is 0 Å². The summed E-state index contributed by atoms with van der Waals surface area (Å²) < 4.78 is 4.81. The van der Waals surface area contributed by atoms with Crippen molar-refractivity contribution in [3.63, 3.8) is 0 Å². The molecular weight excluding hydrogens is 262 g/mol. The number of benzene rings is 1. The van der Waals surface area contributed by atoms with E-state index in [9.17, 15) is 14.9 Å². The van der Waals surface area contributed by atoms with Crippen molar-refractivity contribution in [1.29, 1.82) is 0 Å². The van der Waals surface area contributed by atoms with E-state index in [2.05, 4.69) is 10.6 Å². The standard InChI is InChI=1S/C13H19N3O4/c1-3-20-12(17)8-5-9-15-11-7-4-6-10(14-2)13(11)16(18)19/h4,6-7,14-15H,3,5,8-9H2,1-2H3. The van der Waals surface area contributed by atoms with Gasteiger partial charge in [-0.1, -0.05) is 6.07 Å². The summed E-state index contributed by atoms with van der Waals surface area (Å²) in [5.41, 5.74) is 0.891. The molecular formula is C13H19N3O4. The monoisotopic (exact) mass is 281 g/mol. The highest BCUT2D eigenvalue weighted by Crippen LogP contribution is 2.32. The molecule has 7 nitrogen and oxygen atoms in total. The van der Waals surface area contributed by atoms with Gasteiger partial charge in [0.25, 0.3) is 0 Å². The molecule has 1 aromatic rings. The number of ether oxygens (including phenoxy) is 1. The van der Waals surface area contributed by atoms with Crippen LogP contribution in [-0.4, -0.2) is 31.1 Å². The number of nitro benzene ring substituents is 1. The predicted molar refractivity (Wildman–Crippen MR) is 77.0 cm³/mol. The number of hydrogen-bond acceptors (Lipinski definition) is 6. The van der Waals surface area contributed by atoms with Crippen molar-refractivity contribution in [3.8, 4) is 0 Å². The Morgan fingerprint density at radius 2 is 2.10 bits per heavy atom. The van der Waals surface area contributed by atoms with Crippen molar-refractivity contribution >= 4 is 23.0 Å². The summed E-state index contributed by atoms with van der Waals surface area (Å²) >= 11 is 0. The third kappa shape index (κ3) is 4.42. The Morgan fingerprint density at radius 1 is 1.40 bits per heavy atom. The van der Waals surface area contributed by atoms with Gasteiger partial charge in [-0.2, -0.15) is 0 Å². The summed E-state index contributed by atoms with van der Waals surface area (Å²) in [6.45, 7) is 2.58. The fraction of sp³-hybridized carbons (Fsp3) is 0.462. The van der Waals surface area contributed by atoms with Crippen molar-refractivity contribution in [2.75, 3.05) is 30.8 Å². The maximum Gasteiger partial charge on any atom is 0.315 e. The van der Waals surface area contributed by atoms with Crippen LogP contribution < -0.4 is 10.6 Å². The minimum Gasteiger partial charge on any atom is -0.466 e. The second-order valence-electron chi connectivity index (χ2n) is 4.04. The molecule has 1 aromatic carbocycles. The molecule has 0 aliphatic heterocycles. The van der Waals surface area contributed by atoms with Crippen molar-refractivity contribution in [3.05, 3.63) is 28.3 Å². The van der Waals surface area contributed by atoms with Crippen molar-refractivity contribution in [2.45, 2.75) is 19.8 Å². The summed E-state index contributed by atoms with van der Waals surface area (Å²) in [5, 5.41) is 16.8. The van der Waals surface area contributed by atoms with Gasteiger partial charge in [-0.15, -0.1) is 0 Å². The minimum atomic E-state index is -0.431. The van der Waals surface area contributed by atoms with E-state index in [1.165, 1.54) is 0 Å². The molecule has 0 aliphatic carbocycles. The van der Waals surface area contributed by atoms with Gasteiger partial charge < -0.3 is 15.4 Å². The number of nitro groups is 1. The molecule has 0 saturated carbocycles. The highest BCUT2D eigenvalue weighted by Gasteiger charge is 2.18. The molecule has 0 fully saturated rings. The summed E-state index contributed by atoms with van der Waals surface area (Å²) in [7, 11) is 1.63. The lowest BCUT2D eigenvalue weighted by Gasteiger charge is -2.09. The van der Waals surface area contributed by atoms with Gasteiger partial charge in [0.1, 0.15) is 11.4 Å². The highest BCUT2D eigenvalue weighted by molar-refractivity contribution is 5.76. The quantitative estimate of drug-likeness (QED) is 0.329. The number of carbonyl (C=O) groups is 1. The topological polar surface area (TPSA) is 93.5 Å². The Labute approximate surface area is 117 Å². The third-order valence-electron chi connectivity index (χ3n) is 2.67. The number of hydrogen-bond donors (Lipinski definition) is 2. The molecule has 0 radical (unpaired) electrons. The minimum absolute atomic E-state index is 0.00568. The average molecular weight is 281 g/mol. The molecule has 20 heavy (non-hydrogen) atoms. The summed E-state index contributed by atoms with van der Waals surface area (Å²) in [5.74, 6) is -0.257. The van der Waals surface area contributed by atoms with E-state index >= 15 is 0 Å². The van der Waals surface area contributed by atoms with E-state index in [-0.39, 0.29) is 11.7 Å². The maximum absolute atomic E-state index is 11.2. The largest absolute Gasteiger partial charge is 0.466 e. The summed E-state index contributed by atoms with van der Waals surface area (Å²) in [6.07, 6.45) is 0.847. The molecule has 0 unspecified atom stereocenters. The van der Waals surface area contributed by atoms with Crippen LogP contribution in [0.25, 0.3) is 0 Å². The van der Waals surface area contributed by atoms with Crippen LogP contribution in [0, 0.1) is 10.1 Å². The van der Waals surface area contributed by atoms with Crippen molar-refractivity contribution < 1.29 is 14.5 Å². The molecule has 2 N–H and O–H groups in total. The molecule has 0 atom stereocenters. The van der Waals surface area contributed by atoms with Crippen LogP contribution in [0.2, 0.25) is 0 Å². The Kier molecular flexibility index (Phi) is 6.28. The van der Waals surface area contributed by atoms with E-state index < -0.39 is 4.92 Å². The van der Waals surface area contributed by atoms with Gasteiger partial charge in [0.2, 0.25) is 0 Å². The molecule has 7 heteroatoms. The fourth-order valence-electron chi connectivity index (χ4n) is 1.77. The van der Waals surface area contributed by atoms with Crippen LogP contribution in [0.1, 0.15) is 19.8 Å². The van der Waals surface area contributed by atoms with E-state index in [1.807, 2.05) is 0 Å². The number of para-hydroxylation sites is 1. The summed E-state index contributed by atoms with van der Waals surface area (Å²) in [6, 6.07) is 5.01. The molecule has 0 heterocycles. The van der Waals surface area contributed by atoms with Crippen molar-refractivity contribution in [1.82, 2.24) is 0 Å². The van der Waals surface area contributed by atoms with Gasteiger partial charge in [0, 0.05) is 20.0 Å². The van der Waals surface area contributed by atoms with Crippen LogP contribution in [0.3, 0.4) is 0 Å². The highest BCUT2D eigenvalue weighted by atomic mass is 16.6. The lowest BCUT2D eigenvalue weighted by Crippen LogP contribution is -2.09. The van der Waals surface area contributed by atoms with E-state index in [0.29, 0.717) is 37.4 Å². The smallest absolute Gasteiger partial charge is 0.315 e. The molecule has 110 valence electrons. The molecule has 0 aliphatic rings. The molecule has 0 aromatic heterocycles. The first kappa shape index (κ1) is 15.7. The summed E-state index contributed by atoms with van der Waals surface area (Å²) in [4.78, 5) is 21.8. The Hall–Kier alpha value is -2.31. The second kappa shape index (κ2) is 7.98. The van der Waals surface area contributed by atoms with Gasteiger partial charge in [-0.3, -0.25) is 14.9 Å². The predicted octanol–water partition coefficient (Wildman–Crippen LogP) is 2.39. The maximum atomic E-state index is 11.2. The molecule has 0 amide bonds. The zero-order valence-electron chi connectivity index (χ0n) is 11.6. The van der Waals surface area contributed by atoms with Crippen LogP contribution in [0.15, 0.2) is 18.2 Å². The fourth-order valence-corrected chi connectivity index (χ4v) is 1.77. The molecule has 0 saturated heterocycles. The van der Waals surface area contributed by atoms with Gasteiger partial charge in [-0.25, -0.2) is 0 Å². The Bertz CT molecular complexity index is 477. The van der Waals surface area contributed by atoms with Gasteiger partial charge in [0.15, 0.2) is 0 Å². The van der Waals surface area contributed by atoms with E-state index in [1.54, 1.807) is 32.2 Å². The third-order valence-corrected chi connectivity index (χ3v) is 2.67. The SMILES string of the molecule is CCOC(=O)CCCNc1cccc(NC)c1[N+](=O)[O-]. The van der Waals surface area contributed by atoms with Gasteiger partial charge in [0.05, 0.1) is 11.5 Å². The van der Waals surface area contributed by atoms with Crippen LogP contribution >= 0.6 is 0 Å². The first-order valence-electron chi connectivity index (χ1n) is 6.44. The zero-order chi connectivity index (χ0) is 15.0. The zero-order valence-corrected chi connectivity index (χ0v) is 11.6. The van der Waals surface area contributed by atoms with Crippen LogP contribution in [-0.2, 0) is 9.53 Å². The Morgan fingerprint density at radius 3 is 2.70 bits per heavy atom. The molecule has 0 spiro atoms. The number of nitrogens with one attached hydrogen (secondary N) is 2. The van der Waals surface area contributed by atoms with Crippen LogP contribution in [0.4, 0.5) is 17.1 Å². The van der Waals surface area contributed by atoms with Gasteiger partial charge >= 0.3 is 11.7 Å². The Balaban J connectivity index is 2.60. The average Bonchev–Trinajstić information content (AvgIpc) is 2.43. The lowest BCUT2D eigenvalue weighted by molar-refractivity contribution is -0.383. The molecule has 0 bridgehead atoms. The van der Waals surface area contributed by atoms with Gasteiger partial charge in [-0.05, 0) is 25.5 Å². The lowest BCUT2D eigenvalue weighted by atomic mass is 10.2. The van der Waals surface area contributed by atoms with E-state index in [0.717, 1.165) is 0 Å². The number of nitrogens with zero attached hydrogens (tertiary/aromatic N) is 1. The number of esters is 1. The molecule has 1 rings (SSSR count).